The second-order valence-corrected chi connectivity index (χ2v) is 7.75. The summed E-state index contributed by atoms with van der Waals surface area (Å²) >= 11 is 1.04. The molecule has 3 nitrogen and oxygen atoms in total. The van der Waals surface area contributed by atoms with Crippen LogP contribution in [0.5, 0.6) is 0 Å². The van der Waals surface area contributed by atoms with Crippen molar-refractivity contribution in [1.82, 2.24) is 14.8 Å². The molecule has 0 saturated heterocycles. The smallest absolute Gasteiger partial charge is 0.218 e. The highest BCUT2D eigenvalue weighted by Crippen LogP contribution is 2.36. The summed E-state index contributed by atoms with van der Waals surface area (Å²) in [4.78, 5) is 4.31. The van der Waals surface area contributed by atoms with Crippen molar-refractivity contribution in [2.75, 3.05) is 0 Å². The molecule has 154 valence electrons. The number of thiazole rings is 1. The molecule has 0 saturated carbocycles. The van der Waals surface area contributed by atoms with Gasteiger partial charge in [0, 0.05) is 16.5 Å². The molecule has 2 heterocycles. The van der Waals surface area contributed by atoms with Gasteiger partial charge in [-0.15, -0.1) is 11.3 Å². The van der Waals surface area contributed by atoms with E-state index in [9.17, 15) is 17.6 Å². The van der Waals surface area contributed by atoms with Crippen LogP contribution in [0.15, 0.2) is 78.2 Å². The van der Waals surface area contributed by atoms with E-state index < -0.39 is 17.7 Å². The van der Waals surface area contributed by atoms with E-state index in [2.05, 4.69) is 10.1 Å². The SMILES string of the molecule is Fc1ccc(-c2csc(-n3nc(-c4ccc5ccccc5c4)cc3C(F)(F)F)n2)cc1. The molecule has 0 aliphatic carbocycles. The molecule has 5 aromatic rings. The lowest BCUT2D eigenvalue weighted by molar-refractivity contribution is -0.142. The number of rotatable bonds is 3. The van der Waals surface area contributed by atoms with Crippen LogP contribution >= 0.6 is 11.3 Å². The van der Waals surface area contributed by atoms with Gasteiger partial charge in [-0.3, -0.25) is 0 Å². The molecule has 8 heteroatoms. The highest BCUT2D eigenvalue weighted by Gasteiger charge is 2.37. The Kier molecular flexibility index (Phi) is 4.59. The summed E-state index contributed by atoms with van der Waals surface area (Å²) in [6.45, 7) is 0. The van der Waals surface area contributed by atoms with Crippen LogP contribution in [-0.2, 0) is 6.18 Å². The maximum absolute atomic E-state index is 13.8. The molecule has 0 unspecified atom stereocenters. The maximum atomic E-state index is 13.8. The van der Waals surface area contributed by atoms with Gasteiger partial charge in [0.25, 0.3) is 0 Å². The van der Waals surface area contributed by atoms with Crippen molar-refractivity contribution in [2.45, 2.75) is 6.18 Å². The highest BCUT2D eigenvalue weighted by atomic mass is 32.1. The molecule has 0 fully saturated rings. The number of aromatic nitrogens is 3. The molecule has 0 bridgehead atoms. The lowest BCUT2D eigenvalue weighted by atomic mass is 10.1. The second-order valence-electron chi connectivity index (χ2n) is 6.91. The van der Waals surface area contributed by atoms with Crippen molar-refractivity contribution in [2.24, 2.45) is 0 Å². The third-order valence-corrected chi connectivity index (χ3v) is 5.67. The Morgan fingerprint density at radius 2 is 1.48 bits per heavy atom. The van der Waals surface area contributed by atoms with E-state index in [0.29, 0.717) is 16.8 Å². The zero-order valence-electron chi connectivity index (χ0n) is 15.8. The van der Waals surface area contributed by atoms with E-state index >= 15 is 0 Å². The minimum absolute atomic E-state index is 0.0821. The number of fused-ring (bicyclic) bond motifs is 1. The first kappa shape index (κ1) is 19.4. The van der Waals surface area contributed by atoms with Gasteiger partial charge in [0.1, 0.15) is 5.82 Å². The van der Waals surface area contributed by atoms with E-state index in [4.69, 9.17) is 0 Å². The Labute approximate surface area is 178 Å². The first-order chi connectivity index (χ1) is 14.9. The van der Waals surface area contributed by atoms with E-state index in [1.165, 1.54) is 24.3 Å². The van der Waals surface area contributed by atoms with Gasteiger partial charge >= 0.3 is 6.18 Å². The summed E-state index contributed by atoms with van der Waals surface area (Å²) in [6.07, 6.45) is -4.61. The van der Waals surface area contributed by atoms with Crippen LogP contribution in [0.25, 0.3) is 38.4 Å². The molecule has 31 heavy (non-hydrogen) atoms. The van der Waals surface area contributed by atoms with Crippen molar-refractivity contribution in [3.63, 3.8) is 0 Å². The molecular weight excluding hydrogens is 426 g/mol. The summed E-state index contributed by atoms with van der Waals surface area (Å²) in [5.74, 6) is -0.398. The van der Waals surface area contributed by atoms with Gasteiger partial charge in [-0.25, -0.2) is 14.1 Å². The normalized spacial score (nSPS) is 11.9. The summed E-state index contributed by atoms with van der Waals surface area (Å²) in [5.41, 5.74) is 0.945. The van der Waals surface area contributed by atoms with Crippen LogP contribution in [0.3, 0.4) is 0 Å². The first-order valence-corrected chi connectivity index (χ1v) is 10.1. The zero-order chi connectivity index (χ0) is 21.6. The monoisotopic (exact) mass is 439 g/mol. The predicted octanol–water partition coefficient (Wildman–Crippen LogP) is 6.97. The van der Waals surface area contributed by atoms with Gasteiger partial charge in [-0.1, -0.05) is 36.4 Å². The molecule has 0 aliphatic rings. The molecule has 0 aliphatic heterocycles. The molecule has 2 aromatic heterocycles. The quantitative estimate of drug-likeness (QED) is 0.284. The Balaban J connectivity index is 1.60. The lowest BCUT2D eigenvalue weighted by Crippen LogP contribution is -2.13. The summed E-state index contributed by atoms with van der Waals surface area (Å²) in [7, 11) is 0. The number of alkyl halides is 3. The second kappa shape index (κ2) is 7.31. The number of hydrogen-bond acceptors (Lipinski definition) is 3. The van der Waals surface area contributed by atoms with Crippen LogP contribution in [0.2, 0.25) is 0 Å². The van der Waals surface area contributed by atoms with E-state index in [1.54, 1.807) is 11.4 Å². The fraction of sp³-hybridized carbons (Fsp3) is 0.0435. The van der Waals surface area contributed by atoms with Crippen molar-refractivity contribution in [3.8, 4) is 27.6 Å². The Morgan fingerprint density at radius 3 is 2.23 bits per heavy atom. The molecule has 5 rings (SSSR count). The Bertz CT molecular complexity index is 1380. The number of nitrogens with zero attached hydrogens (tertiary/aromatic N) is 3. The fourth-order valence-electron chi connectivity index (χ4n) is 3.33. The van der Waals surface area contributed by atoms with Gasteiger partial charge in [0.2, 0.25) is 5.13 Å². The van der Waals surface area contributed by atoms with Crippen LogP contribution in [-0.4, -0.2) is 14.8 Å². The van der Waals surface area contributed by atoms with Gasteiger partial charge in [-0.2, -0.15) is 18.3 Å². The predicted molar refractivity (Wildman–Crippen MR) is 113 cm³/mol. The van der Waals surface area contributed by atoms with Crippen LogP contribution in [0, 0.1) is 5.82 Å². The average Bonchev–Trinajstić information content (AvgIpc) is 3.41. The highest BCUT2D eigenvalue weighted by molar-refractivity contribution is 7.12. The van der Waals surface area contributed by atoms with Gasteiger partial charge in [0.05, 0.1) is 11.4 Å². The maximum Gasteiger partial charge on any atom is 0.433 e. The fourth-order valence-corrected chi connectivity index (χ4v) is 4.13. The summed E-state index contributed by atoms with van der Waals surface area (Å²) in [6, 6.07) is 19.7. The Hall–Kier alpha value is -3.52. The van der Waals surface area contributed by atoms with E-state index in [-0.39, 0.29) is 10.8 Å². The van der Waals surface area contributed by atoms with E-state index in [0.717, 1.165) is 32.9 Å². The number of hydrogen-bond donors (Lipinski definition) is 0. The Morgan fingerprint density at radius 1 is 0.774 bits per heavy atom. The number of benzene rings is 3. The molecule has 3 aromatic carbocycles. The molecule has 0 spiro atoms. The third-order valence-electron chi connectivity index (χ3n) is 4.86. The first-order valence-electron chi connectivity index (χ1n) is 9.27. The van der Waals surface area contributed by atoms with Gasteiger partial charge in [0.15, 0.2) is 5.69 Å². The minimum Gasteiger partial charge on any atom is -0.218 e. The van der Waals surface area contributed by atoms with Crippen molar-refractivity contribution >= 4 is 22.1 Å². The average molecular weight is 439 g/mol. The summed E-state index contributed by atoms with van der Waals surface area (Å²) in [5, 5.41) is 7.84. The minimum atomic E-state index is -4.61. The topological polar surface area (TPSA) is 30.7 Å². The molecule has 0 amide bonds. The van der Waals surface area contributed by atoms with Crippen LogP contribution in [0.4, 0.5) is 17.6 Å². The number of halogens is 4. The third kappa shape index (κ3) is 3.70. The largest absolute Gasteiger partial charge is 0.433 e. The lowest BCUT2D eigenvalue weighted by Gasteiger charge is -2.07. The van der Waals surface area contributed by atoms with Crippen molar-refractivity contribution in [1.29, 1.82) is 0 Å². The zero-order valence-corrected chi connectivity index (χ0v) is 16.6. The standard InChI is InChI=1S/C23H13F4N3S/c24-18-9-7-15(8-10-18)20-13-31-22(28-20)30-21(23(25,26)27)12-19(29-30)17-6-5-14-3-1-2-4-16(14)11-17/h1-13H. The molecular formula is C23H13F4N3S. The summed E-state index contributed by atoms with van der Waals surface area (Å²) < 4.78 is 55.3. The van der Waals surface area contributed by atoms with Gasteiger partial charge < -0.3 is 0 Å². The molecule has 0 radical (unpaired) electrons. The molecule has 0 N–H and O–H groups in total. The van der Waals surface area contributed by atoms with E-state index in [1.807, 2.05) is 36.4 Å². The van der Waals surface area contributed by atoms with Gasteiger partial charge in [-0.05, 0) is 47.2 Å². The van der Waals surface area contributed by atoms with Crippen molar-refractivity contribution < 1.29 is 17.6 Å². The van der Waals surface area contributed by atoms with Crippen LogP contribution in [0.1, 0.15) is 5.69 Å². The molecule has 0 atom stereocenters. The van der Waals surface area contributed by atoms with Crippen LogP contribution < -0.4 is 0 Å². The van der Waals surface area contributed by atoms with Crippen molar-refractivity contribution in [3.05, 3.63) is 89.7 Å².